The summed E-state index contributed by atoms with van der Waals surface area (Å²) in [7, 11) is 0.0970. The first-order valence-corrected chi connectivity index (χ1v) is 18.0. The number of esters is 1. The molecule has 41 heavy (non-hydrogen) atoms. The smallest absolute Gasteiger partial charge is 0.338 e. The third-order valence-electron chi connectivity index (χ3n) is 7.81. The Bertz CT molecular complexity index is 1570. The first kappa shape index (κ1) is 29.3. The van der Waals surface area contributed by atoms with Gasteiger partial charge in [-0.1, -0.05) is 61.6 Å². The predicted molar refractivity (Wildman–Crippen MR) is 165 cm³/mol. The van der Waals surface area contributed by atoms with Gasteiger partial charge in [-0.2, -0.15) is 4.98 Å². The van der Waals surface area contributed by atoms with Gasteiger partial charge in [-0.3, -0.25) is 4.57 Å². The summed E-state index contributed by atoms with van der Waals surface area (Å²) in [5, 5.41) is 10.4. The van der Waals surface area contributed by atoms with E-state index in [1.165, 1.54) is 7.11 Å². The molecule has 1 aliphatic rings. The summed E-state index contributed by atoms with van der Waals surface area (Å²) < 4.78 is 19.1. The molecule has 0 bridgehead atoms. The van der Waals surface area contributed by atoms with E-state index in [1.807, 2.05) is 41.8 Å². The molecular formula is C32H37ClN2O5Si. The SMILES string of the molecule is COC(=O)c1cc(Oc2nc3cc(-c4ccc(C5(CO)CC5)cc4)c(Cl)cc3n2COCC[Si](C)(C)C)ccc1C. The molecule has 3 aromatic carbocycles. The van der Waals surface area contributed by atoms with Crippen molar-refractivity contribution in [2.45, 2.75) is 57.6 Å². The van der Waals surface area contributed by atoms with Crippen LogP contribution in [0.15, 0.2) is 54.6 Å². The van der Waals surface area contributed by atoms with E-state index in [2.05, 4.69) is 31.8 Å². The molecule has 5 rings (SSSR count). The standard InChI is InChI=1S/C32H37ClN2O5Si/c1-21-6-11-24(16-25(21)30(37)38-2)40-31-34-28-17-26(22-7-9-23(10-8-22)32(19-36)12-13-32)27(33)18-29(28)35(31)20-39-14-15-41(3,4)5/h6-11,16-18,36H,12-15,19-20H2,1-5H3. The number of methoxy groups -OCH3 is 1. The quantitative estimate of drug-likeness (QED) is 0.110. The van der Waals surface area contributed by atoms with Crippen LogP contribution < -0.4 is 4.74 Å². The Morgan fingerprint density at radius 2 is 1.83 bits per heavy atom. The number of imidazole rings is 1. The molecule has 0 aliphatic heterocycles. The summed E-state index contributed by atoms with van der Waals surface area (Å²) in [6.07, 6.45) is 2.02. The first-order valence-electron chi connectivity index (χ1n) is 13.9. The Kier molecular flexibility index (Phi) is 8.30. The maximum atomic E-state index is 12.3. The fourth-order valence-corrected chi connectivity index (χ4v) is 5.90. The van der Waals surface area contributed by atoms with E-state index >= 15 is 0 Å². The molecule has 4 aromatic rings. The number of ether oxygens (including phenoxy) is 3. The van der Waals surface area contributed by atoms with Gasteiger partial charge in [-0.25, -0.2) is 4.79 Å². The summed E-state index contributed by atoms with van der Waals surface area (Å²) >= 11 is 6.85. The Morgan fingerprint density at radius 1 is 1.10 bits per heavy atom. The predicted octanol–water partition coefficient (Wildman–Crippen LogP) is 7.58. The van der Waals surface area contributed by atoms with Crippen LogP contribution in [0.3, 0.4) is 0 Å². The minimum absolute atomic E-state index is 0.0868. The highest BCUT2D eigenvalue weighted by atomic mass is 35.5. The van der Waals surface area contributed by atoms with Gasteiger partial charge in [0.15, 0.2) is 0 Å². The molecule has 9 heteroatoms. The number of aryl methyl sites for hydroxylation is 1. The summed E-state index contributed by atoms with van der Waals surface area (Å²) in [5.74, 6) is 0.0413. The molecule has 1 fully saturated rings. The van der Waals surface area contributed by atoms with Crippen LogP contribution in [0, 0.1) is 6.92 Å². The van der Waals surface area contributed by atoms with Crippen LogP contribution in [0.2, 0.25) is 30.7 Å². The van der Waals surface area contributed by atoms with Crippen LogP contribution in [-0.4, -0.2) is 49.0 Å². The molecule has 0 amide bonds. The van der Waals surface area contributed by atoms with Gasteiger partial charge in [0.1, 0.15) is 12.5 Å². The minimum atomic E-state index is -1.26. The first-order chi connectivity index (χ1) is 19.5. The number of aliphatic hydroxyl groups is 1. The van der Waals surface area contributed by atoms with Crippen molar-refractivity contribution >= 4 is 36.7 Å². The average molecular weight is 593 g/mol. The molecule has 0 spiro atoms. The number of hydrogen-bond donors (Lipinski definition) is 1. The summed E-state index contributed by atoms with van der Waals surface area (Å²) in [6, 6.07) is 18.8. The van der Waals surface area contributed by atoms with Gasteiger partial charge in [-0.15, -0.1) is 0 Å². The maximum Gasteiger partial charge on any atom is 0.338 e. The summed E-state index contributed by atoms with van der Waals surface area (Å²) in [5.41, 5.74) is 5.63. The van der Waals surface area contributed by atoms with Crippen molar-refractivity contribution in [1.82, 2.24) is 9.55 Å². The normalized spacial score (nSPS) is 14.3. The van der Waals surface area contributed by atoms with E-state index in [0.717, 1.165) is 46.7 Å². The van der Waals surface area contributed by atoms with E-state index in [9.17, 15) is 9.90 Å². The number of nitrogens with zero attached hydrogens (tertiary/aromatic N) is 2. The number of aliphatic hydroxyl groups excluding tert-OH is 1. The van der Waals surface area contributed by atoms with E-state index in [1.54, 1.807) is 12.1 Å². The number of rotatable bonds is 11. The van der Waals surface area contributed by atoms with Crippen LogP contribution in [0.4, 0.5) is 0 Å². The van der Waals surface area contributed by atoms with Crippen LogP contribution in [0.25, 0.3) is 22.2 Å². The molecule has 216 valence electrons. The summed E-state index contributed by atoms with van der Waals surface area (Å²) in [6.45, 7) is 9.85. The second kappa shape index (κ2) is 11.6. The lowest BCUT2D eigenvalue weighted by Crippen LogP contribution is -2.22. The minimum Gasteiger partial charge on any atom is -0.465 e. The summed E-state index contributed by atoms with van der Waals surface area (Å²) in [4.78, 5) is 17.1. The molecule has 1 N–H and O–H groups in total. The van der Waals surface area contributed by atoms with Crippen molar-refractivity contribution in [3.05, 3.63) is 76.3 Å². The lowest BCUT2D eigenvalue weighted by molar-refractivity contribution is 0.0599. The van der Waals surface area contributed by atoms with Crippen LogP contribution in [-0.2, 0) is 21.6 Å². The molecule has 1 aromatic heterocycles. The van der Waals surface area contributed by atoms with Gasteiger partial charge in [0.05, 0.1) is 35.3 Å². The fraction of sp³-hybridized carbons (Fsp3) is 0.375. The highest BCUT2D eigenvalue weighted by Gasteiger charge is 2.43. The molecular weight excluding hydrogens is 556 g/mol. The van der Waals surface area contributed by atoms with E-state index in [4.69, 9.17) is 30.8 Å². The zero-order valence-electron chi connectivity index (χ0n) is 24.3. The average Bonchev–Trinajstić information content (AvgIpc) is 3.68. The van der Waals surface area contributed by atoms with Gasteiger partial charge in [-0.05, 0) is 66.8 Å². The Balaban J connectivity index is 1.50. The van der Waals surface area contributed by atoms with Gasteiger partial charge >= 0.3 is 12.0 Å². The van der Waals surface area contributed by atoms with Crippen molar-refractivity contribution in [2.75, 3.05) is 20.3 Å². The highest BCUT2D eigenvalue weighted by molar-refractivity contribution is 6.76. The van der Waals surface area contributed by atoms with E-state index in [0.29, 0.717) is 34.5 Å². The third kappa shape index (κ3) is 6.36. The number of halogens is 1. The molecule has 1 aliphatic carbocycles. The van der Waals surface area contributed by atoms with Crippen LogP contribution in [0.5, 0.6) is 11.8 Å². The molecule has 7 nitrogen and oxygen atoms in total. The monoisotopic (exact) mass is 592 g/mol. The van der Waals surface area contributed by atoms with Gasteiger partial charge in [0.2, 0.25) is 0 Å². The molecule has 1 saturated carbocycles. The number of carbonyl (C=O) groups is 1. The second-order valence-corrected chi connectivity index (χ2v) is 18.1. The van der Waals surface area contributed by atoms with Crippen LogP contribution in [0.1, 0.15) is 34.3 Å². The van der Waals surface area contributed by atoms with Crippen LogP contribution >= 0.6 is 11.6 Å². The van der Waals surface area contributed by atoms with Crippen molar-refractivity contribution in [1.29, 1.82) is 0 Å². The Labute approximate surface area is 247 Å². The number of hydrogen-bond acceptors (Lipinski definition) is 6. The zero-order valence-corrected chi connectivity index (χ0v) is 26.0. The lowest BCUT2D eigenvalue weighted by atomic mass is 9.94. The van der Waals surface area contributed by atoms with Crippen molar-refractivity contribution in [3.8, 4) is 22.9 Å². The maximum absolute atomic E-state index is 12.3. The largest absolute Gasteiger partial charge is 0.465 e. The zero-order chi connectivity index (χ0) is 29.4. The second-order valence-electron chi connectivity index (χ2n) is 12.1. The van der Waals surface area contributed by atoms with Gasteiger partial charge in [0.25, 0.3) is 0 Å². The number of benzene rings is 3. The fourth-order valence-electron chi connectivity index (χ4n) is 4.87. The van der Waals surface area contributed by atoms with Crippen molar-refractivity contribution < 1.29 is 24.1 Å². The Morgan fingerprint density at radius 3 is 2.46 bits per heavy atom. The molecule has 1 heterocycles. The van der Waals surface area contributed by atoms with E-state index in [-0.39, 0.29) is 18.8 Å². The van der Waals surface area contributed by atoms with E-state index < -0.39 is 14.0 Å². The lowest BCUT2D eigenvalue weighted by Gasteiger charge is -2.16. The third-order valence-corrected chi connectivity index (χ3v) is 9.82. The van der Waals surface area contributed by atoms with Gasteiger partial charge < -0.3 is 19.3 Å². The molecule has 0 atom stereocenters. The van der Waals surface area contributed by atoms with Gasteiger partial charge in [0, 0.05) is 25.7 Å². The number of aromatic nitrogens is 2. The Hall–Kier alpha value is -3.17. The van der Waals surface area contributed by atoms with Crippen molar-refractivity contribution in [2.24, 2.45) is 0 Å². The number of fused-ring (bicyclic) bond motifs is 1. The van der Waals surface area contributed by atoms with Crippen molar-refractivity contribution in [3.63, 3.8) is 0 Å². The topological polar surface area (TPSA) is 82.8 Å². The highest BCUT2D eigenvalue weighted by Crippen LogP contribution is 2.48. The number of carbonyl (C=O) groups excluding carboxylic acids is 1. The molecule has 0 unspecified atom stereocenters. The molecule has 0 radical (unpaired) electrons. The molecule has 0 saturated heterocycles.